The van der Waals surface area contributed by atoms with Crippen molar-refractivity contribution < 1.29 is 18.3 Å². The number of rotatable bonds is 7. The first-order valence-corrected chi connectivity index (χ1v) is 5.69. The average molecular weight is 256 g/mol. The topological polar surface area (TPSA) is 35.5 Å². The molecule has 1 unspecified atom stereocenters. The Bertz CT molecular complexity index is 219. The maximum Gasteiger partial charge on any atom is 0.401 e. The van der Waals surface area contributed by atoms with Crippen molar-refractivity contribution in [1.29, 1.82) is 0 Å². The van der Waals surface area contributed by atoms with E-state index in [0.29, 0.717) is 0 Å². The van der Waals surface area contributed by atoms with E-state index in [0.717, 1.165) is 0 Å². The number of hydrogen-bond acceptors (Lipinski definition) is 3. The lowest BCUT2D eigenvalue weighted by Gasteiger charge is -2.37. The van der Waals surface area contributed by atoms with Gasteiger partial charge in [-0.05, 0) is 19.4 Å². The molecular weight excluding hydrogens is 233 g/mol. The van der Waals surface area contributed by atoms with Crippen molar-refractivity contribution >= 4 is 0 Å². The van der Waals surface area contributed by atoms with Crippen molar-refractivity contribution in [2.45, 2.75) is 33.0 Å². The van der Waals surface area contributed by atoms with Gasteiger partial charge in [0, 0.05) is 19.1 Å². The molecule has 0 amide bonds. The Balaban J connectivity index is 4.53. The molecule has 0 saturated heterocycles. The quantitative estimate of drug-likeness (QED) is 0.724. The summed E-state index contributed by atoms with van der Waals surface area (Å²) in [6.45, 7) is 4.84. The third kappa shape index (κ3) is 6.85. The zero-order chi connectivity index (χ0) is 13.7. The van der Waals surface area contributed by atoms with Crippen LogP contribution in [0.25, 0.3) is 0 Å². The zero-order valence-electron chi connectivity index (χ0n) is 10.9. The molecule has 0 radical (unpaired) electrons. The van der Waals surface area contributed by atoms with Crippen LogP contribution in [0.1, 0.15) is 20.8 Å². The van der Waals surface area contributed by atoms with Crippen molar-refractivity contribution in [3.8, 4) is 0 Å². The van der Waals surface area contributed by atoms with Crippen molar-refractivity contribution in [1.82, 2.24) is 10.2 Å². The Morgan fingerprint density at radius 1 is 1.24 bits per heavy atom. The molecule has 6 heteroatoms. The highest BCUT2D eigenvalue weighted by Gasteiger charge is 2.34. The van der Waals surface area contributed by atoms with Gasteiger partial charge in [-0.2, -0.15) is 13.2 Å². The fourth-order valence-corrected chi connectivity index (χ4v) is 1.71. The summed E-state index contributed by atoms with van der Waals surface area (Å²) >= 11 is 0. The van der Waals surface area contributed by atoms with Crippen LogP contribution in [0.5, 0.6) is 0 Å². The molecule has 3 nitrogen and oxygen atoms in total. The predicted octanol–water partition coefficient (Wildman–Crippen LogP) is 1.48. The molecule has 2 N–H and O–H groups in total. The summed E-state index contributed by atoms with van der Waals surface area (Å²) in [5.41, 5.74) is -0.296. The van der Waals surface area contributed by atoms with E-state index in [1.54, 1.807) is 7.05 Å². The van der Waals surface area contributed by atoms with Gasteiger partial charge in [-0.25, -0.2) is 0 Å². The fraction of sp³-hybridized carbons (Fsp3) is 1.00. The van der Waals surface area contributed by atoms with E-state index in [2.05, 4.69) is 5.32 Å². The average Bonchev–Trinajstić information content (AvgIpc) is 2.13. The van der Waals surface area contributed by atoms with Crippen LogP contribution < -0.4 is 5.32 Å². The molecule has 0 saturated carbocycles. The molecule has 17 heavy (non-hydrogen) atoms. The minimum Gasteiger partial charge on any atom is -0.395 e. The third-order valence-electron chi connectivity index (χ3n) is 3.06. The van der Waals surface area contributed by atoms with Gasteiger partial charge in [-0.3, -0.25) is 4.90 Å². The second kappa shape index (κ2) is 6.56. The van der Waals surface area contributed by atoms with Crippen LogP contribution in [0.4, 0.5) is 13.2 Å². The van der Waals surface area contributed by atoms with E-state index in [9.17, 15) is 13.2 Å². The summed E-state index contributed by atoms with van der Waals surface area (Å²) in [5.74, 6) is 0. The van der Waals surface area contributed by atoms with Crippen LogP contribution >= 0.6 is 0 Å². The summed E-state index contributed by atoms with van der Waals surface area (Å²) in [6, 6.07) is 0.0944. The fourth-order valence-electron chi connectivity index (χ4n) is 1.71. The highest BCUT2D eigenvalue weighted by molar-refractivity contribution is 4.83. The van der Waals surface area contributed by atoms with E-state index >= 15 is 0 Å². The summed E-state index contributed by atoms with van der Waals surface area (Å²) in [4.78, 5) is 1.24. The molecule has 0 aliphatic rings. The molecule has 0 aromatic carbocycles. The zero-order valence-corrected chi connectivity index (χ0v) is 10.9. The van der Waals surface area contributed by atoms with E-state index in [1.165, 1.54) is 4.90 Å². The molecule has 104 valence electrons. The number of nitrogens with one attached hydrogen (secondary N) is 1. The van der Waals surface area contributed by atoms with Gasteiger partial charge in [0.25, 0.3) is 0 Å². The summed E-state index contributed by atoms with van der Waals surface area (Å²) < 4.78 is 37.0. The normalized spacial score (nSPS) is 15.4. The van der Waals surface area contributed by atoms with Gasteiger partial charge >= 0.3 is 6.18 Å². The first-order chi connectivity index (χ1) is 7.62. The van der Waals surface area contributed by atoms with Gasteiger partial charge in [0.1, 0.15) is 0 Å². The molecule has 1 atom stereocenters. The van der Waals surface area contributed by atoms with Gasteiger partial charge in [0.05, 0.1) is 13.2 Å². The lowest BCUT2D eigenvalue weighted by Crippen LogP contribution is -2.48. The smallest absolute Gasteiger partial charge is 0.395 e. The Morgan fingerprint density at radius 2 is 1.76 bits per heavy atom. The molecule has 0 fully saturated rings. The number of alkyl halides is 3. The highest BCUT2D eigenvalue weighted by atomic mass is 19.4. The minimum atomic E-state index is -4.23. The first-order valence-electron chi connectivity index (χ1n) is 5.69. The van der Waals surface area contributed by atoms with Crippen molar-refractivity contribution in [2.24, 2.45) is 5.41 Å². The van der Waals surface area contributed by atoms with Gasteiger partial charge in [0.15, 0.2) is 0 Å². The minimum absolute atomic E-state index is 0.0410. The van der Waals surface area contributed by atoms with Crippen LogP contribution in [-0.2, 0) is 0 Å². The monoisotopic (exact) mass is 256 g/mol. The molecule has 0 aliphatic heterocycles. The maximum atomic E-state index is 12.3. The number of nitrogens with zero attached hydrogens (tertiary/aromatic N) is 1. The van der Waals surface area contributed by atoms with E-state index in [4.69, 9.17) is 5.11 Å². The number of hydrogen-bond donors (Lipinski definition) is 2. The molecule has 0 aromatic heterocycles. The Hall–Kier alpha value is -0.330. The van der Waals surface area contributed by atoms with Crippen LogP contribution in [-0.4, -0.2) is 55.5 Å². The molecule has 0 heterocycles. The van der Waals surface area contributed by atoms with E-state index in [1.807, 2.05) is 20.8 Å². The molecule has 0 bridgehead atoms. The van der Waals surface area contributed by atoms with Gasteiger partial charge < -0.3 is 10.4 Å². The lowest BCUT2D eigenvalue weighted by atomic mass is 9.85. The summed E-state index contributed by atoms with van der Waals surface area (Å²) in [5, 5.41) is 11.8. The van der Waals surface area contributed by atoms with E-state index < -0.39 is 12.7 Å². The van der Waals surface area contributed by atoms with Crippen molar-refractivity contribution in [2.75, 3.05) is 33.3 Å². The highest BCUT2D eigenvalue weighted by Crippen LogP contribution is 2.24. The molecule has 0 rings (SSSR count). The predicted molar refractivity (Wildman–Crippen MR) is 61.9 cm³/mol. The molecule has 0 aromatic rings. The van der Waals surface area contributed by atoms with Gasteiger partial charge in [0.2, 0.25) is 0 Å². The second-order valence-electron chi connectivity index (χ2n) is 5.05. The Morgan fingerprint density at radius 3 is 2.12 bits per heavy atom. The van der Waals surface area contributed by atoms with Crippen LogP contribution in [0, 0.1) is 5.41 Å². The second-order valence-corrected chi connectivity index (χ2v) is 5.05. The number of aliphatic hydroxyl groups excluding tert-OH is 1. The van der Waals surface area contributed by atoms with Crippen LogP contribution in [0.3, 0.4) is 0 Å². The van der Waals surface area contributed by atoms with Crippen molar-refractivity contribution in [3.63, 3.8) is 0 Å². The SMILES string of the molecule is CNC(C)C(C)(C)CN(CCO)CC(F)(F)F. The lowest BCUT2D eigenvalue weighted by molar-refractivity contribution is -0.149. The Kier molecular flexibility index (Phi) is 6.43. The van der Waals surface area contributed by atoms with Crippen LogP contribution in [0.15, 0.2) is 0 Å². The van der Waals surface area contributed by atoms with Gasteiger partial charge in [-0.1, -0.05) is 13.8 Å². The Labute approximate surface area is 101 Å². The van der Waals surface area contributed by atoms with Crippen molar-refractivity contribution in [3.05, 3.63) is 0 Å². The molecular formula is C11H23F3N2O. The third-order valence-corrected chi connectivity index (χ3v) is 3.06. The molecule has 0 aliphatic carbocycles. The largest absolute Gasteiger partial charge is 0.401 e. The first kappa shape index (κ1) is 16.7. The molecule has 0 spiro atoms. The maximum absolute atomic E-state index is 12.3. The van der Waals surface area contributed by atoms with Crippen LogP contribution in [0.2, 0.25) is 0 Å². The standard InChI is InChI=1S/C11H23F3N2O/c1-9(15-4)10(2,3)7-16(5-6-17)8-11(12,13)14/h9,15,17H,5-8H2,1-4H3. The summed E-state index contributed by atoms with van der Waals surface area (Å²) in [7, 11) is 1.78. The van der Waals surface area contributed by atoms with Gasteiger partial charge in [-0.15, -0.1) is 0 Å². The number of aliphatic hydroxyl groups is 1. The number of halogens is 3. The summed E-state index contributed by atoms with van der Waals surface area (Å²) in [6.07, 6.45) is -4.23. The van der Waals surface area contributed by atoms with E-state index in [-0.39, 0.29) is 31.2 Å².